The number of benzene rings is 2. The summed E-state index contributed by atoms with van der Waals surface area (Å²) in [5.74, 6) is 0.153. The molecule has 0 aromatic heterocycles. The normalized spacial score (nSPS) is 18.3. The molecule has 1 N–H and O–H groups in total. The van der Waals surface area contributed by atoms with Crippen molar-refractivity contribution in [3.63, 3.8) is 0 Å². The van der Waals surface area contributed by atoms with Crippen molar-refractivity contribution >= 4 is 21.6 Å². The van der Waals surface area contributed by atoms with Crippen molar-refractivity contribution in [3.8, 4) is 11.8 Å². The van der Waals surface area contributed by atoms with Gasteiger partial charge in [-0.25, -0.2) is 8.42 Å². The van der Waals surface area contributed by atoms with Crippen molar-refractivity contribution in [1.29, 1.82) is 5.26 Å². The summed E-state index contributed by atoms with van der Waals surface area (Å²) in [7, 11) is -2.46. The van der Waals surface area contributed by atoms with E-state index < -0.39 is 16.1 Å². The number of piperazine rings is 1. The molecule has 0 aliphatic carbocycles. The van der Waals surface area contributed by atoms with Gasteiger partial charge in [0.05, 0.1) is 24.8 Å². The van der Waals surface area contributed by atoms with Crippen molar-refractivity contribution in [2.24, 2.45) is 0 Å². The van der Waals surface area contributed by atoms with Crippen LogP contribution in [0.5, 0.6) is 5.75 Å². The second kappa shape index (κ2) is 7.64. The van der Waals surface area contributed by atoms with Crippen molar-refractivity contribution in [2.75, 3.05) is 26.7 Å². The number of sulfonamides is 1. The first kappa shape index (κ1) is 18.7. The van der Waals surface area contributed by atoms with Gasteiger partial charge in [0, 0.05) is 24.7 Å². The lowest BCUT2D eigenvalue weighted by Gasteiger charge is -2.36. The Morgan fingerprint density at radius 3 is 2.77 bits per heavy atom. The van der Waals surface area contributed by atoms with Gasteiger partial charge in [-0.05, 0) is 29.8 Å². The summed E-state index contributed by atoms with van der Waals surface area (Å²) in [4.78, 5) is 0.0398. The third-order valence-electron chi connectivity index (χ3n) is 4.34. The Morgan fingerprint density at radius 2 is 2.08 bits per heavy atom. The quantitative estimate of drug-likeness (QED) is 0.866. The van der Waals surface area contributed by atoms with E-state index in [0.717, 1.165) is 5.56 Å². The lowest BCUT2D eigenvalue weighted by atomic mass is 10.1. The molecular weight excluding hydrogens is 374 g/mol. The number of ether oxygens (including phenoxy) is 1. The Kier molecular flexibility index (Phi) is 5.49. The minimum atomic E-state index is -3.84. The second-order valence-electron chi connectivity index (χ2n) is 5.83. The smallest absolute Gasteiger partial charge is 0.247 e. The Balaban J connectivity index is 2.07. The second-order valence-corrected chi connectivity index (χ2v) is 8.10. The van der Waals surface area contributed by atoms with E-state index in [0.29, 0.717) is 30.2 Å². The van der Waals surface area contributed by atoms with Crippen molar-refractivity contribution in [3.05, 3.63) is 58.6 Å². The van der Waals surface area contributed by atoms with E-state index in [1.165, 1.54) is 29.6 Å². The van der Waals surface area contributed by atoms with Gasteiger partial charge in [0.2, 0.25) is 10.0 Å². The third kappa shape index (κ3) is 3.41. The van der Waals surface area contributed by atoms with Crippen LogP contribution in [-0.4, -0.2) is 39.5 Å². The van der Waals surface area contributed by atoms with Crippen LogP contribution in [0.4, 0.5) is 0 Å². The summed E-state index contributed by atoms with van der Waals surface area (Å²) < 4.78 is 33.4. The number of hydrogen-bond donors (Lipinski definition) is 1. The summed E-state index contributed by atoms with van der Waals surface area (Å²) in [6.07, 6.45) is 0. The van der Waals surface area contributed by atoms with E-state index in [2.05, 4.69) is 5.32 Å². The van der Waals surface area contributed by atoms with Gasteiger partial charge in [0.1, 0.15) is 10.6 Å². The first-order chi connectivity index (χ1) is 12.5. The van der Waals surface area contributed by atoms with E-state index in [1.807, 2.05) is 24.3 Å². The number of nitrogens with zero attached hydrogens (tertiary/aromatic N) is 2. The van der Waals surface area contributed by atoms with Gasteiger partial charge in [-0.1, -0.05) is 29.8 Å². The number of hydrogen-bond acceptors (Lipinski definition) is 5. The molecule has 1 fully saturated rings. The molecule has 0 amide bonds. The van der Waals surface area contributed by atoms with Gasteiger partial charge in [0.25, 0.3) is 0 Å². The average Bonchev–Trinajstić information content (AvgIpc) is 2.67. The predicted octanol–water partition coefficient (Wildman–Crippen LogP) is 2.56. The monoisotopic (exact) mass is 391 g/mol. The molecule has 1 heterocycles. The predicted molar refractivity (Wildman–Crippen MR) is 98.7 cm³/mol. The number of halogens is 1. The summed E-state index contributed by atoms with van der Waals surface area (Å²) in [5, 5.41) is 12.8. The molecule has 1 aliphatic heterocycles. The van der Waals surface area contributed by atoms with Crippen LogP contribution in [0, 0.1) is 11.3 Å². The van der Waals surface area contributed by atoms with Gasteiger partial charge >= 0.3 is 0 Å². The SMILES string of the molecule is COc1cc(C#N)ccc1S(=O)(=O)N1CCNCC1c1ccccc1Cl. The number of nitriles is 1. The molecule has 2 aromatic carbocycles. The summed E-state index contributed by atoms with van der Waals surface area (Å²) in [6.45, 7) is 1.31. The highest BCUT2D eigenvalue weighted by molar-refractivity contribution is 7.89. The average molecular weight is 392 g/mol. The van der Waals surface area contributed by atoms with Crippen molar-refractivity contribution < 1.29 is 13.2 Å². The van der Waals surface area contributed by atoms with E-state index in [-0.39, 0.29) is 10.6 Å². The maximum atomic E-state index is 13.4. The van der Waals surface area contributed by atoms with Gasteiger partial charge in [-0.3, -0.25) is 0 Å². The zero-order valence-electron chi connectivity index (χ0n) is 14.1. The van der Waals surface area contributed by atoms with E-state index in [4.69, 9.17) is 21.6 Å². The van der Waals surface area contributed by atoms with Crippen molar-refractivity contribution in [2.45, 2.75) is 10.9 Å². The molecule has 0 bridgehead atoms. The lowest BCUT2D eigenvalue weighted by molar-refractivity contribution is 0.270. The van der Waals surface area contributed by atoms with E-state index in [9.17, 15) is 8.42 Å². The highest BCUT2D eigenvalue weighted by Gasteiger charge is 2.36. The number of rotatable bonds is 4. The molecule has 3 rings (SSSR count). The number of nitrogens with one attached hydrogen (secondary N) is 1. The van der Waals surface area contributed by atoms with Crippen LogP contribution in [0.15, 0.2) is 47.4 Å². The van der Waals surface area contributed by atoms with Gasteiger partial charge in [-0.15, -0.1) is 0 Å². The summed E-state index contributed by atoms with van der Waals surface area (Å²) in [5.41, 5.74) is 1.08. The Hall–Kier alpha value is -2.11. The first-order valence-corrected chi connectivity index (χ1v) is 9.86. The van der Waals surface area contributed by atoms with Gasteiger partial charge in [-0.2, -0.15) is 9.57 Å². The standard InChI is InChI=1S/C18H18ClN3O3S/c1-25-17-10-13(11-20)6-7-18(17)26(23,24)22-9-8-21-12-16(22)14-4-2-3-5-15(14)19/h2-7,10,16,21H,8-9,12H2,1H3. The number of methoxy groups -OCH3 is 1. The maximum absolute atomic E-state index is 13.4. The fourth-order valence-electron chi connectivity index (χ4n) is 3.06. The maximum Gasteiger partial charge on any atom is 0.247 e. The summed E-state index contributed by atoms with van der Waals surface area (Å²) >= 11 is 6.31. The molecule has 1 aliphatic rings. The van der Waals surface area contributed by atoms with Crippen LogP contribution in [0.3, 0.4) is 0 Å². The van der Waals surface area contributed by atoms with Crippen LogP contribution >= 0.6 is 11.6 Å². The molecule has 0 saturated carbocycles. The molecule has 0 spiro atoms. The van der Waals surface area contributed by atoms with E-state index in [1.54, 1.807) is 6.07 Å². The third-order valence-corrected chi connectivity index (χ3v) is 6.63. The molecule has 1 atom stereocenters. The fourth-order valence-corrected chi connectivity index (χ4v) is 5.07. The minimum absolute atomic E-state index is 0.0398. The molecule has 1 unspecified atom stereocenters. The Bertz CT molecular complexity index is 956. The van der Waals surface area contributed by atoms with E-state index >= 15 is 0 Å². The molecule has 6 nitrogen and oxygen atoms in total. The fraction of sp³-hybridized carbons (Fsp3) is 0.278. The summed E-state index contributed by atoms with van der Waals surface area (Å²) in [6, 6.07) is 13.1. The molecule has 2 aromatic rings. The topological polar surface area (TPSA) is 82.4 Å². The highest BCUT2D eigenvalue weighted by Crippen LogP contribution is 2.35. The minimum Gasteiger partial charge on any atom is -0.495 e. The molecular formula is C18H18ClN3O3S. The molecule has 8 heteroatoms. The van der Waals surface area contributed by atoms with Gasteiger partial charge in [0.15, 0.2) is 0 Å². The lowest BCUT2D eigenvalue weighted by Crippen LogP contribution is -2.48. The zero-order valence-corrected chi connectivity index (χ0v) is 15.7. The van der Waals surface area contributed by atoms with Crippen molar-refractivity contribution in [1.82, 2.24) is 9.62 Å². The van der Waals surface area contributed by atoms with Crippen LogP contribution in [0.25, 0.3) is 0 Å². The van der Waals surface area contributed by atoms with Gasteiger partial charge < -0.3 is 10.1 Å². The van der Waals surface area contributed by atoms with Crippen LogP contribution in [0.1, 0.15) is 17.2 Å². The zero-order chi connectivity index (χ0) is 18.7. The largest absolute Gasteiger partial charge is 0.495 e. The van der Waals surface area contributed by atoms with Crippen LogP contribution < -0.4 is 10.1 Å². The molecule has 0 radical (unpaired) electrons. The van der Waals surface area contributed by atoms with Crippen LogP contribution in [-0.2, 0) is 10.0 Å². The van der Waals surface area contributed by atoms with Crippen LogP contribution in [0.2, 0.25) is 5.02 Å². The molecule has 1 saturated heterocycles. The molecule has 26 heavy (non-hydrogen) atoms. The first-order valence-electron chi connectivity index (χ1n) is 8.04. The Labute approximate surface area is 158 Å². The molecule has 136 valence electrons. The highest BCUT2D eigenvalue weighted by atomic mass is 35.5. The Morgan fingerprint density at radius 1 is 1.31 bits per heavy atom.